The number of fused-ring (bicyclic) bond motifs is 1. The molecular weight excluding hydrogens is 274 g/mol. The third-order valence-electron chi connectivity index (χ3n) is 4.54. The largest absolute Gasteiger partial charge is 0.462 e. The molecule has 3 aliphatic rings. The Labute approximate surface area is 132 Å². The summed E-state index contributed by atoms with van der Waals surface area (Å²) in [7, 11) is 0. The zero-order valence-corrected chi connectivity index (χ0v) is 13.8. The Morgan fingerprint density at radius 3 is 2.41 bits per heavy atom. The maximum Gasteiger partial charge on any atom is 0.293 e. The van der Waals surface area contributed by atoms with Crippen LogP contribution in [0.3, 0.4) is 0 Å². The van der Waals surface area contributed by atoms with E-state index in [1.54, 1.807) is 5.56 Å². The van der Waals surface area contributed by atoms with Gasteiger partial charge in [0, 0.05) is 17.3 Å². The van der Waals surface area contributed by atoms with Gasteiger partial charge in [-0.3, -0.25) is 4.79 Å². The van der Waals surface area contributed by atoms with Gasteiger partial charge in [0.05, 0.1) is 5.52 Å². The number of rotatable bonds is 2. The van der Waals surface area contributed by atoms with Crippen molar-refractivity contribution < 1.29 is 9.53 Å². The van der Waals surface area contributed by atoms with E-state index in [-0.39, 0.29) is 5.60 Å². The van der Waals surface area contributed by atoms with Crippen LogP contribution in [-0.2, 0) is 9.53 Å². The van der Waals surface area contributed by atoms with Gasteiger partial charge in [-0.05, 0) is 57.2 Å². The van der Waals surface area contributed by atoms with Gasteiger partial charge in [0.25, 0.3) is 6.47 Å². The first-order valence-corrected chi connectivity index (χ1v) is 8.26. The van der Waals surface area contributed by atoms with E-state index in [0.717, 1.165) is 5.92 Å². The molecule has 1 saturated carbocycles. The van der Waals surface area contributed by atoms with Crippen molar-refractivity contribution in [2.24, 2.45) is 0 Å². The Bertz CT molecular complexity index is 673. The Balaban J connectivity index is 0.000000178. The number of aromatic nitrogens is 1. The predicted molar refractivity (Wildman–Crippen MR) is 89.6 cm³/mol. The fourth-order valence-electron chi connectivity index (χ4n) is 3.42. The van der Waals surface area contributed by atoms with E-state index in [2.05, 4.69) is 33.7 Å². The van der Waals surface area contributed by atoms with Crippen molar-refractivity contribution in [3.8, 4) is 5.69 Å². The summed E-state index contributed by atoms with van der Waals surface area (Å²) in [5, 5.41) is 1.51. The van der Waals surface area contributed by atoms with Gasteiger partial charge >= 0.3 is 0 Å². The van der Waals surface area contributed by atoms with Crippen LogP contribution in [0.25, 0.3) is 16.6 Å². The first-order chi connectivity index (χ1) is 10.5. The lowest BCUT2D eigenvalue weighted by atomic mass is 9.84. The number of nitrogens with zero attached hydrogens (tertiary/aromatic N) is 1. The van der Waals surface area contributed by atoms with Crippen molar-refractivity contribution in [3.63, 3.8) is 0 Å². The second kappa shape index (κ2) is 5.79. The number of carbonyl (C=O) groups is 1. The zero-order valence-electron chi connectivity index (χ0n) is 13.8. The summed E-state index contributed by atoms with van der Waals surface area (Å²) < 4.78 is 6.91. The Hall–Kier alpha value is -1.77. The average molecular weight is 299 g/mol. The zero-order chi connectivity index (χ0) is 15.7. The normalized spacial score (nSPS) is 16.9. The maximum absolute atomic E-state index is 9.60. The van der Waals surface area contributed by atoms with Gasteiger partial charge in [-0.15, -0.1) is 0 Å². The van der Waals surface area contributed by atoms with Crippen LogP contribution in [0, 0.1) is 0 Å². The number of hydrogen-bond donors (Lipinski definition) is 0. The lowest BCUT2D eigenvalue weighted by Gasteiger charge is -2.20. The van der Waals surface area contributed by atoms with Crippen LogP contribution < -0.4 is 0 Å². The molecule has 22 heavy (non-hydrogen) atoms. The summed E-state index contributed by atoms with van der Waals surface area (Å²) >= 11 is 0. The van der Waals surface area contributed by atoms with Gasteiger partial charge in [-0.25, -0.2) is 0 Å². The highest BCUT2D eigenvalue weighted by Crippen LogP contribution is 2.41. The quantitative estimate of drug-likeness (QED) is 0.627. The summed E-state index contributed by atoms with van der Waals surface area (Å²) in [6, 6.07) is 6.87. The standard InChI is InChI=1S/C14H15N.C5H10O2/c1-2-4-10(5-3-1)13-9-15-11-6-7-12(13)14(15)8-11;1-5(2,3)7-4-6/h6-10H,1-5H2;4H,1-3H3. The summed E-state index contributed by atoms with van der Waals surface area (Å²) in [5.74, 6) is 0.837. The van der Waals surface area contributed by atoms with Crippen LogP contribution in [0.15, 0.2) is 24.4 Å². The van der Waals surface area contributed by atoms with Gasteiger partial charge in [0.2, 0.25) is 0 Å². The number of benzene rings is 1. The van der Waals surface area contributed by atoms with E-state index in [9.17, 15) is 4.79 Å². The van der Waals surface area contributed by atoms with Gasteiger partial charge < -0.3 is 9.30 Å². The van der Waals surface area contributed by atoms with Crippen molar-refractivity contribution in [1.82, 2.24) is 4.57 Å². The molecule has 0 amide bonds. The summed E-state index contributed by atoms with van der Waals surface area (Å²) in [4.78, 5) is 9.60. The van der Waals surface area contributed by atoms with Gasteiger partial charge in [-0.1, -0.05) is 25.3 Å². The molecule has 0 spiro atoms. The van der Waals surface area contributed by atoms with Crippen molar-refractivity contribution in [2.45, 2.75) is 64.4 Å². The second-order valence-electron chi connectivity index (χ2n) is 7.32. The van der Waals surface area contributed by atoms with E-state index in [4.69, 9.17) is 0 Å². The number of ether oxygens (including phenoxy) is 1. The van der Waals surface area contributed by atoms with E-state index in [1.165, 1.54) is 48.7 Å². The Morgan fingerprint density at radius 1 is 1.18 bits per heavy atom. The molecule has 3 nitrogen and oxygen atoms in total. The highest BCUT2D eigenvalue weighted by atomic mass is 16.5. The van der Waals surface area contributed by atoms with Crippen molar-refractivity contribution in [2.75, 3.05) is 0 Å². The smallest absolute Gasteiger partial charge is 0.293 e. The first kappa shape index (κ1) is 15.1. The van der Waals surface area contributed by atoms with E-state index >= 15 is 0 Å². The molecule has 0 unspecified atom stereocenters. The molecule has 5 rings (SSSR count). The van der Waals surface area contributed by atoms with E-state index < -0.39 is 0 Å². The minimum absolute atomic E-state index is 0.318. The fourth-order valence-corrected chi connectivity index (χ4v) is 3.42. The monoisotopic (exact) mass is 299 g/mol. The number of carbonyl (C=O) groups excluding carboxylic acids is 1. The van der Waals surface area contributed by atoms with Crippen molar-refractivity contribution in [1.29, 1.82) is 0 Å². The van der Waals surface area contributed by atoms with Crippen molar-refractivity contribution >= 4 is 17.4 Å². The lowest BCUT2D eigenvalue weighted by molar-refractivity contribution is -0.138. The maximum atomic E-state index is 9.60. The lowest BCUT2D eigenvalue weighted by Crippen LogP contribution is -2.17. The van der Waals surface area contributed by atoms with E-state index in [0.29, 0.717) is 6.47 Å². The van der Waals surface area contributed by atoms with Crippen LogP contribution in [0.4, 0.5) is 0 Å². The van der Waals surface area contributed by atoms with E-state index in [1.807, 2.05) is 20.8 Å². The van der Waals surface area contributed by atoms with Gasteiger partial charge in [-0.2, -0.15) is 0 Å². The molecule has 1 aliphatic carbocycles. The molecule has 0 saturated heterocycles. The topological polar surface area (TPSA) is 31.2 Å². The highest BCUT2D eigenvalue weighted by molar-refractivity contribution is 5.92. The average Bonchev–Trinajstić information content (AvgIpc) is 2.66. The summed E-state index contributed by atoms with van der Waals surface area (Å²) in [6.07, 6.45) is 9.48. The molecule has 4 bridgehead atoms. The van der Waals surface area contributed by atoms with Crippen LogP contribution in [-0.4, -0.2) is 16.6 Å². The van der Waals surface area contributed by atoms with Gasteiger partial charge in [0.1, 0.15) is 5.60 Å². The molecule has 0 radical (unpaired) electrons. The predicted octanol–water partition coefficient (Wildman–Crippen LogP) is 4.95. The molecule has 2 aromatic rings. The van der Waals surface area contributed by atoms with Crippen molar-refractivity contribution in [3.05, 3.63) is 30.0 Å². The minimum atomic E-state index is -0.318. The third-order valence-corrected chi connectivity index (χ3v) is 4.54. The number of hydrogen-bond acceptors (Lipinski definition) is 2. The molecule has 118 valence electrons. The third kappa shape index (κ3) is 2.90. The molecule has 3 heteroatoms. The molecule has 0 atom stereocenters. The SMILES string of the molecule is CC(C)(C)OC=O.c1cc2c(C3CCCCC3)cn3c2cc1-3. The molecular formula is C19H25NO2. The first-order valence-electron chi connectivity index (χ1n) is 8.26. The fraction of sp³-hybridized carbons (Fsp3) is 0.526. The molecule has 1 aromatic carbocycles. The molecule has 1 aromatic heterocycles. The van der Waals surface area contributed by atoms with Crippen LogP contribution >= 0.6 is 0 Å². The Morgan fingerprint density at radius 2 is 1.91 bits per heavy atom. The highest BCUT2D eigenvalue weighted by Gasteiger charge is 2.23. The second-order valence-corrected chi connectivity index (χ2v) is 7.32. The minimum Gasteiger partial charge on any atom is -0.462 e. The molecule has 2 aliphatic heterocycles. The molecule has 3 heterocycles. The summed E-state index contributed by atoms with van der Waals surface area (Å²) in [5.41, 5.74) is 4.12. The Kier molecular flexibility index (Phi) is 3.98. The molecule has 0 N–H and O–H groups in total. The van der Waals surface area contributed by atoms with Gasteiger partial charge in [0.15, 0.2) is 0 Å². The van der Waals surface area contributed by atoms with Crippen LogP contribution in [0.5, 0.6) is 0 Å². The number of pyridine rings is 1. The van der Waals surface area contributed by atoms with Crippen LogP contribution in [0.1, 0.15) is 64.4 Å². The molecule has 1 fully saturated rings. The van der Waals surface area contributed by atoms with Crippen LogP contribution in [0.2, 0.25) is 0 Å². The summed E-state index contributed by atoms with van der Waals surface area (Å²) in [6.45, 7) is 5.92.